The Morgan fingerprint density at radius 2 is 1.74 bits per heavy atom. The van der Waals surface area contributed by atoms with Crippen molar-refractivity contribution in [2.75, 3.05) is 44.8 Å². The van der Waals surface area contributed by atoms with Crippen LogP contribution in [0.2, 0.25) is 0 Å². The van der Waals surface area contributed by atoms with Crippen molar-refractivity contribution in [2.45, 2.75) is 32.6 Å². The lowest BCUT2D eigenvalue weighted by atomic mass is 10.1. The van der Waals surface area contributed by atoms with E-state index in [4.69, 9.17) is 9.57 Å². The van der Waals surface area contributed by atoms with Gasteiger partial charge in [0, 0.05) is 25.8 Å². The molecule has 0 N–H and O–H groups in total. The van der Waals surface area contributed by atoms with Gasteiger partial charge in [0.15, 0.2) is 6.61 Å². The van der Waals surface area contributed by atoms with Crippen LogP contribution in [0.25, 0.3) is 0 Å². The van der Waals surface area contributed by atoms with Crippen LogP contribution in [0.15, 0.2) is 59.8 Å². The first kappa shape index (κ1) is 22.7. The Balaban J connectivity index is 1.45. The summed E-state index contributed by atoms with van der Waals surface area (Å²) in [5.74, 6) is 0.753. The number of para-hydroxylation sites is 1. The van der Waals surface area contributed by atoms with E-state index in [0.717, 1.165) is 55.9 Å². The van der Waals surface area contributed by atoms with Crippen LogP contribution in [0.4, 0.5) is 5.69 Å². The van der Waals surface area contributed by atoms with Gasteiger partial charge in [-0.1, -0.05) is 30.3 Å². The van der Waals surface area contributed by atoms with Crippen LogP contribution in [-0.2, 0) is 9.63 Å². The molecule has 1 aliphatic rings. The van der Waals surface area contributed by atoms with E-state index in [2.05, 4.69) is 29.1 Å². The number of hydrogen-bond donors (Lipinski definition) is 0. The molecule has 166 valence electrons. The van der Waals surface area contributed by atoms with Crippen molar-refractivity contribution in [2.24, 2.45) is 5.16 Å². The number of carbonyl (C=O) groups is 1. The van der Waals surface area contributed by atoms with Gasteiger partial charge in [0.25, 0.3) is 5.91 Å². The lowest BCUT2D eigenvalue weighted by Crippen LogP contribution is -2.38. The number of piperidine rings is 1. The number of benzene rings is 2. The topological polar surface area (TPSA) is 54.4 Å². The minimum Gasteiger partial charge on any atom is -0.484 e. The Kier molecular flexibility index (Phi) is 8.76. The molecule has 3 rings (SSSR count). The summed E-state index contributed by atoms with van der Waals surface area (Å²) < 4.78 is 5.69. The molecule has 0 unspecified atom stereocenters. The summed E-state index contributed by atoms with van der Waals surface area (Å²) in [6, 6.07) is 17.9. The third-order valence-electron chi connectivity index (χ3n) is 5.48. The quantitative estimate of drug-likeness (QED) is 0.324. The van der Waals surface area contributed by atoms with Crippen molar-refractivity contribution >= 4 is 17.3 Å². The maximum atomic E-state index is 12.2. The average molecular weight is 424 g/mol. The molecule has 1 aliphatic heterocycles. The molecular weight excluding hydrogens is 390 g/mol. The van der Waals surface area contributed by atoms with Gasteiger partial charge in [-0.05, 0) is 67.6 Å². The Morgan fingerprint density at radius 3 is 2.42 bits per heavy atom. The number of anilines is 1. The van der Waals surface area contributed by atoms with E-state index in [0.29, 0.717) is 12.4 Å². The van der Waals surface area contributed by atoms with Crippen LogP contribution in [-0.4, -0.2) is 56.4 Å². The number of nitrogens with zero attached hydrogens (tertiary/aromatic N) is 3. The molecule has 1 amide bonds. The van der Waals surface area contributed by atoms with Gasteiger partial charge in [0.1, 0.15) is 12.4 Å². The number of carbonyl (C=O) groups excluding carboxylic acids is 1. The zero-order valence-electron chi connectivity index (χ0n) is 18.6. The number of amides is 1. The predicted octanol–water partition coefficient (Wildman–Crippen LogP) is 4.35. The van der Waals surface area contributed by atoms with Gasteiger partial charge in [-0.2, -0.15) is 0 Å². The molecule has 2 aromatic rings. The fourth-order valence-electron chi connectivity index (χ4n) is 3.56. The average Bonchev–Trinajstić information content (AvgIpc) is 2.84. The molecule has 6 heteroatoms. The van der Waals surface area contributed by atoms with Crippen LogP contribution in [0.1, 0.15) is 38.2 Å². The van der Waals surface area contributed by atoms with Crippen molar-refractivity contribution < 1.29 is 14.4 Å². The number of rotatable bonds is 10. The molecule has 0 radical (unpaired) electrons. The van der Waals surface area contributed by atoms with E-state index in [-0.39, 0.29) is 12.5 Å². The Labute approximate surface area is 185 Å². The summed E-state index contributed by atoms with van der Waals surface area (Å²) >= 11 is 0. The Bertz CT molecular complexity index is 831. The zero-order chi connectivity index (χ0) is 21.9. The highest BCUT2D eigenvalue weighted by molar-refractivity contribution is 6.00. The van der Waals surface area contributed by atoms with Gasteiger partial charge in [-0.3, -0.25) is 4.79 Å². The standard InChI is InChI=1S/C25H33N3O3/c1-3-24(26-31-19-18-27(2)22-10-6-4-7-11-22)21-12-14-23(15-13-21)30-20-25(29)28-16-8-5-9-17-28/h4,6-7,10-15H,3,5,8-9,16-20H2,1-2H3/b26-24+. The predicted molar refractivity (Wildman–Crippen MR) is 125 cm³/mol. The molecule has 1 fully saturated rings. The van der Waals surface area contributed by atoms with Gasteiger partial charge >= 0.3 is 0 Å². The van der Waals surface area contributed by atoms with Crippen LogP contribution < -0.4 is 9.64 Å². The van der Waals surface area contributed by atoms with Crippen molar-refractivity contribution in [3.05, 3.63) is 60.2 Å². The van der Waals surface area contributed by atoms with E-state index in [1.54, 1.807) is 0 Å². The van der Waals surface area contributed by atoms with Gasteiger partial charge in [0.2, 0.25) is 0 Å². The molecular formula is C25H33N3O3. The first-order valence-corrected chi connectivity index (χ1v) is 11.1. The molecule has 0 aliphatic carbocycles. The zero-order valence-corrected chi connectivity index (χ0v) is 18.6. The molecule has 31 heavy (non-hydrogen) atoms. The second-order valence-corrected chi connectivity index (χ2v) is 7.74. The molecule has 6 nitrogen and oxygen atoms in total. The van der Waals surface area contributed by atoms with Crippen LogP contribution in [0.5, 0.6) is 5.75 Å². The molecule has 0 saturated carbocycles. The number of hydrogen-bond acceptors (Lipinski definition) is 5. The Hall–Kier alpha value is -3.02. The molecule has 0 spiro atoms. The summed E-state index contributed by atoms with van der Waals surface area (Å²) in [5, 5.41) is 4.33. The van der Waals surface area contributed by atoms with Crippen LogP contribution >= 0.6 is 0 Å². The molecule has 1 heterocycles. The Morgan fingerprint density at radius 1 is 1.03 bits per heavy atom. The maximum absolute atomic E-state index is 12.2. The first-order valence-electron chi connectivity index (χ1n) is 11.1. The molecule has 2 aromatic carbocycles. The number of ether oxygens (including phenoxy) is 1. The maximum Gasteiger partial charge on any atom is 0.260 e. The highest BCUT2D eigenvalue weighted by Gasteiger charge is 2.16. The number of likely N-dealkylation sites (N-methyl/N-ethyl adjacent to an activating group) is 1. The van der Waals surface area contributed by atoms with Crippen molar-refractivity contribution in [1.29, 1.82) is 0 Å². The van der Waals surface area contributed by atoms with Crippen molar-refractivity contribution in [1.82, 2.24) is 4.90 Å². The normalized spacial score (nSPS) is 14.3. The highest BCUT2D eigenvalue weighted by Crippen LogP contribution is 2.16. The summed E-state index contributed by atoms with van der Waals surface area (Å²) in [7, 11) is 2.04. The smallest absolute Gasteiger partial charge is 0.260 e. The monoisotopic (exact) mass is 423 g/mol. The lowest BCUT2D eigenvalue weighted by Gasteiger charge is -2.26. The van der Waals surface area contributed by atoms with E-state index in [1.165, 1.54) is 6.42 Å². The third-order valence-corrected chi connectivity index (χ3v) is 5.48. The summed E-state index contributed by atoms with van der Waals surface area (Å²) in [6.45, 7) is 5.10. The van der Waals surface area contributed by atoms with E-state index in [9.17, 15) is 4.79 Å². The van der Waals surface area contributed by atoms with Crippen LogP contribution in [0, 0.1) is 0 Å². The summed E-state index contributed by atoms with van der Waals surface area (Å²) in [6.07, 6.45) is 4.15. The van der Waals surface area contributed by atoms with Gasteiger partial charge in [-0.25, -0.2) is 0 Å². The van der Waals surface area contributed by atoms with Crippen molar-refractivity contribution in [3.8, 4) is 5.75 Å². The minimum atomic E-state index is 0.0634. The number of oxime groups is 1. The third kappa shape index (κ3) is 7.02. The molecule has 1 saturated heterocycles. The lowest BCUT2D eigenvalue weighted by molar-refractivity contribution is -0.134. The minimum absolute atomic E-state index is 0.0634. The largest absolute Gasteiger partial charge is 0.484 e. The van der Waals surface area contributed by atoms with Gasteiger partial charge in [0.05, 0.1) is 12.3 Å². The summed E-state index contributed by atoms with van der Waals surface area (Å²) in [5.41, 5.74) is 3.03. The molecule has 0 bridgehead atoms. The van der Waals surface area contributed by atoms with Crippen LogP contribution in [0.3, 0.4) is 0 Å². The first-order chi connectivity index (χ1) is 15.2. The second kappa shape index (κ2) is 12.0. The van der Waals surface area contributed by atoms with Gasteiger partial charge in [-0.15, -0.1) is 0 Å². The number of likely N-dealkylation sites (tertiary alicyclic amines) is 1. The van der Waals surface area contributed by atoms with Gasteiger partial charge < -0.3 is 19.4 Å². The van der Waals surface area contributed by atoms with Crippen molar-refractivity contribution in [3.63, 3.8) is 0 Å². The van der Waals surface area contributed by atoms with E-state index in [1.807, 2.05) is 54.4 Å². The fraction of sp³-hybridized carbons (Fsp3) is 0.440. The second-order valence-electron chi connectivity index (χ2n) is 7.74. The molecule has 0 atom stereocenters. The summed E-state index contributed by atoms with van der Waals surface area (Å²) in [4.78, 5) is 21.8. The van der Waals surface area contributed by atoms with E-state index >= 15 is 0 Å². The molecule has 0 aromatic heterocycles. The van der Waals surface area contributed by atoms with E-state index < -0.39 is 0 Å². The highest BCUT2D eigenvalue weighted by atomic mass is 16.6. The SMILES string of the molecule is CC/C(=N\OCCN(C)c1ccccc1)c1ccc(OCC(=O)N2CCCCC2)cc1. The fourth-order valence-corrected chi connectivity index (χ4v) is 3.56.